The summed E-state index contributed by atoms with van der Waals surface area (Å²) in [6, 6.07) is 22.8. The average Bonchev–Trinajstić information content (AvgIpc) is 3.10. The second kappa shape index (κ2) is 13.3. The van der Waals surface area contributed by atoms with Crippen LogP contribution < -0.4 is 5.32 Å². The second-order valence-corrected chi connectivity index (χ2v) is 11.8. The summed E-state index contributed by atoms with van der Waals surface area (Å²) in [6.45, 7) is 1.09. The van der Waals surface area contributed by atoms with Crippen LogP contribution in [0.4, 0.5) is 32.0 Å². The van der Waals surface area contributed by atoms with Crippen LogP contribution in [0.2, 0.25) is 0 Å². The van der Waals surface area contributed by atoms with Gasteiger partial charge in [0.05, 0.1) is 27.9 Å². The number of hydrogen-bond donors (Lipinski definition) is 1. The zero-order valence-corrected chi connectivity index (χ0v) is 26.1. The molecule has 0 bridgehead atoms. The second-order valence-electron chi connectivity index (χ2n) is 11.8. The van der Waals surface area contributed by atoms with Crippen molar-refractivity contribution in [1.82, 2.24) is 14.8 Å². The van der Waals surface area contributed by atoms with Gasteiger partial charge in [-0.3, -0.25) is 9.69 Å². The summed E-state index contributed by atoms with van der Waals surface area (Å²) >= 11 is 0. The van der Waals surface area contributed by atoms with E-state index < -0.39 is 35.4 Å². The van der Waals surface area contributed by atoms with E-state index in [0.29, 0.717) is 47.4 Å². The fraction of sp³-hybridized carbons (Fsp3) is 0.216. The molecule has 6 nitrogen and oxygen atoms in total. The van der Waals surface area contributed by atoms with Gasteiger partial charge in [-0.05, 0) is 65.2 Å². The number of amides is 1. The summed E-state index contributed by atoms with van der Waals surface area (Å²) in [4.78, 5) is 34.4. The van der Waals surface area contributed by atoms with Crippen molar-refractivity contribution in [3.63, 3.8) is 0 Å². The van der Waals surface area contributed by atoms with Crippen LogP contribution >= 0.6 is 0 Å². The van der Waals surface area contributed by atoms with Gasteiger partial charge in [-0.25, -0.2) is 4.98 Å². The van der Waals surface area contributed by atoms with Crippen LogP contribution in [-0.2, 0) is 23.7 Å². The van der Waals surface area contributed by atoms with Gasteiger partial charge in [-0.1, -0.05) is 48.5 Å². The number of piperazine rings is 1. The third-order valence-electron chi connectivity index (χ3n) is 8.64. The Morgan fingerprint density at radius 1 is 0.816 bits per heavy atom. The van der Waals surface area contributed by atoms with Crippen LogP contribution in [0.15, 0.2) is 97.1 Å². The van der Waals surface area contributed by atoms with Crippen molar-refractivity contribution < 1.29 is 35.9 Å². The number of carbonyl (C=O) groups excluding carboxylic acids is 2. The number of aromatic nitrogens is 1. The summed E-state index contributed by atoms with van der Waals surface area (Å²) < 4.78 is 80.5. The van der Waals surface area contributed by atoms with E-state index in [9.17, 15) is 35.9 Å². The van der Waals surface area contributed by atoms with E-state index in [4.69, 9.17) is 0 Å². The highest BCUT2D eigenvalue weighted by atomic mass is 19.4. The Balaban J connectivity index is 1.26. The van der Waals surface area contributed by atoms with E-state index in [1.165, 1.54) is 29.2 Å². The number of aldehydes is 1. The predicted octanol–water partition coefficient (Wildman–Crippen LogP) is 8.17. The van der Waals surface area contributed by atoms with Crippen molar-refractivity contribution in [2.45, 2.75) is 24.9 Å². The van der Waals surface area contributed by atoms with Crippen LogP contribution in [-0.4, -0.2) is 59.7 Å². The van der Waals surface area contributed by atoms with Gasteiger partial charge in [-0.15, -0.1) is 0 Å². The molecule has 1 fully saturated rings. The first-order chi connectivity index (χ1) is 23.4. The normalized spacial score (nSPS) is 15.7. The maximum absolute atomic E-state index is 13.9. The molecule has 12 heteroatoms. The Morgan fingerprint density at radius 3 is 2.14 bits per heavy atom. The Bertz CT molecular complexity index is 2030. The predicted molar refractivity (Wildman–Crippen MR) is 175 cm³/mol. The number of anilines is 1. The molecule has 6 rings (SSSR count). The molecule has 49 heavy (non-hydrogen) atoms. The highest BCUT2D eigenvalue weighted by Gasteiger charge is 2.34. The summed E-state index contributed by atoms with van der Waals surface area (Å²) in [5, 5.41) is 3.77. The minimum absolute atomic E-state index is 0.183. The topological polar surface area (TPSA) is 65.5 Å². The Morgan fingerprint density at radius 2 is 1.47 bits per heavy atom. The van der Waals surface area contributed by atoms with Crippen molar-refractivity contribution in [2.24, 2.45) is 0 Å². The van der Waals surface area contributed by atoms with Gasteiger partial charge < -0.3 is 15.0 Å². The number of benzene rings is 4. The quantitative estimate of drug-likeness (QED) is 0.139. The van der Waals surface area contributed by atoms with Crippen molar-refractivity contribution in [3.05, 3.63) is 119 Å². The SMILES string of the molecule is CNc1ccc(-c2cccc(C(F)(F)F)c2)cc1C(=O)N1CCN(Cc2cc(-c3cccc(C(F)(F)F)c3)nc3ccccc23)CC1C=O. The number of nitrogens with one attached hydrogen (secondary N) is 1. The molecule has 1 saturated heterocycles. The first-order valence-corrected chi connectivity index (χ1v) is 15.4. The maximum Gasteiger partial charge on any atom is 0.416 e. The lowest BCUT2D eigenvalue weighted by molar-refractivity contribution is -0.138. The van der Waals surface area contributed by atoms with Gasteiger partial charge >= 0.3 is 12.4 Å². The molecule has 5 aromatic rings. The molecule has 1 atom stereocenters. The first kappa shape index (κ1) is 33.7. The van der Waals surface area contributed by atoms with Gasteiger partial charge in [0, 0.05) is 49.9 Å². The van der Waals surface area contributed by atoms with Crippen LogP contribution in [0.1, 0.15) is 27.0 Å². The molecule has 0 aliphatic carbocycles. The van der Waals surface area contributed by atoms with E-state index in [1.807, 2.05) is 17.0 Å². The van der Waals surface area contributed by atoms with Crippen molar-refractivity contribution >= 4 is 28.8 Å². The number of halogens is 6. The zero-order chi connectivity index (χ0) is 34.9. The van der Waals surface area contributed by atoms with E-state index in [1.54, 1.807) is 43.4 Å². The molecule has 1 N–H and O–H groups in total. The number of alkyl halides is 6. The number of pyridine rings is 1. The van der Waals surface area contributed by atoms with Crippen molar-refractivity contribution in [2.75, 3.05) is 32.0 Å². The molecule has 1 aliphatic heterocycles. The highest BCUT2D eigenvalue weighted by Crippen LogP contribution is 2.35. The summed E-state index contributed by atoms with van der Waals surface area (Å²) in [7, 11) is 1.62. The van der Waals surface area contributed by atoms with Crippen molar-refractivity contribution in [1.29, 1.82) is 0 Å². The standard InChI is InChI=1S/C37H30F6N4O2/c1-44-32-13-12-24(23-6-4-8-27(16-23)36(38,39)40)18-31(32)35(49)47-15-14-46(21-29(47)22-48)20-26-19-34(45-33-11-3-2-10-30(26)33)25-7-5-9-28(17-25)37(41,42)43/h2-13,16-19,22,29,44H,14-15,20-21H2,1H3. The van der Waals surface area contributed by atoms with Gasteiger partial charge in [0.25, 0.3) is 5.91 Å². The van der Waals surface area contributed by atoms with Gasteiger partial charge in [0.2, 0.25) is 0 Å². The largest absolute Gasteiger partial charge is 0.416 e. The fourth-order valence-electron chi connectivity index (χ4n) is 6.15. The van der Waals surface area contributed by atoms with E-state index in [2.05, 4.69) is 10.3 Å². The van der Waals surface area contributed by atoms with Gasteiger partial charge in [0.1, 0.15) is 12.3 Å². The van der Waals surface area contributed by atoms with Crippen LogP contribution in [0, 0.1) is 0 Å². The Labute approximate surface area is 278 Å². The first-order valence-electron chi connectivity index (χ1n) is 15.4. The van der Waals surface area contributed by atoms with E-state index in [0.717, 1.165) is 35.2 Å². The lowest BCUT2D eigenvalue weighted by Crippen LogP contribution is -2.55. The van der Waals surface area contributed by atoms with Crippen LogP contribution in [0.3, 0.4) is 0 Å². The smallest absolute Gasteiger partial charge is 0.387 e. The maximum atomic E-state index is 13.9. The lowest BCUT2D eigenvalue weighted by Gasteiger charge is -2.39. The van der Waals surface area contributed by atoms with E-state index >= 15 is 0 Å². The number of fused-ring (bicyclic) bond motifs is 1. The molecule has 1 aromatic heterocycles. The summed E-state index contributed by atoms with van der Waals surface area (Å²) in [5.41, 5.74) is 1.88. The molecule has 252 valence electrons. The van der Waals surface area contributed by atoms with Crippen LogP contribution in [0.25, 0.3) is 33.3 Å². The van der Waals surface area contributed by atoms with Crippen LogP contribution in [0.5, 0.6) is 0 Å². The molecular formula is C37H30F6N4O2. The molecule has 2 heterocycles. The summed E-state index contributed by atoms with van der Waals surface area (Å²) in [5.74, 6) is -0.448. The number of carbonyl (C=O) groups is 2. The number of rotatable bonds is 7. The number of para-hydroxylation sites is 1. The molecule has 0 spiro atoms. The Kier molecular flexibility index (Phi) is 9.17. The fourth-order valence-corrected chi connectivity index (χ4v) is 6.15. The minimum atomic E-state index is -4.53. The average molecular weight is 677 g/mol. The molecule has 1 unspecified atom stereocenters. The van der Waals surface area contributed by atoms with Crippen molar-refractivity contribution in [3.8, 4) is 22.4 Å². The summed E-state index contributed by atoms with van der Waals surface area (Å²) in [6.07, 6.45) is -8.35. The third-order valence-corrected chi connectivity index (χ3v) is 8.64. The lowest BCUT2D eigenvalue weighted by atomic mass is 9.98. The minimum Gasteiger partial charge on any atom is -0.387 e. The molecule has 1 amide bonds. The molecule has 1 aliphatic rings. The molecular weight excluding hydrogens is 646 g/mol. The van der Waals surface area contributed by atoms with Gasteiger partial charge in [-0.2, -0.15) is 26.3 Å². The van der Waals surface area contributed by atoms with E-state index in [-0.39, 0.29) is 24.2 Å². The third kappa shape index (κ3) is 7.14. The number of nitrogens with zero attached hydrogens (tertiary/aromatic N) is 3. The Hall–Kier alpha value is -5.23. The highest BCUT2D eigenvalue weighted by molar-refractivity contribution is 6.02. The molecule has 0 radical (unpaired) electrons. The molecule has 0 saturated carbocycles. The monoisotopic (exact) mass is 676 g/mol. The number of hydrogen-bond acceptors (Lipinski definition) is 5. The zero-order valence-electron chi connectivity index (χ0n) is 26.1. The van der Waals surface area contributed by atoms with Gasteiger partial charge in [0.15, 0.2) is 0 Å². The molecule has 4 aromatic carbocycles.